The molecule has 14 heteroatoms. The van der Waals surface area contributed by atoms with Gasteiger partial charge < -0.3 is 24.9 Å². The van der Waals surface area contributed by atoms with Gasteiger partial charge in [-0.3, -0.25) is 14.5 Å². The molecule has 0 bridgehead atoms. The Morgan fingerprint density at radius 3 is 2.05 bits per heavy atom. The van der Waals surface area contributed by atoms with Crippen LogP contribution in [0.4, 0.5) is 5.13 Å². The fourth-order valence-electron chi connectivity index (χ4n) is 6.60. The molecular formula is C41H36ClN5O6S2. The Hall–Kier alpha value is -5.63. The van der Waals surface area contributed by atoms with E-state index >= 15 is 0 Å². The van der Waals surface area contributed by atoms with E-state index in [1.54, 1.807) is 36.8 Å². The smallest absolute Gasteiger partial charge is 0.355 e. The van der Waals surface area contributed by atoms with Crippen LogP contribution in [0.1, 0.15) is 27.9 Å². The van der Waals surface area contributed by atoms with Gasteiger partial charge in [-0.25, -0.2) is 9.78 Å². The summed E-state index contributed by atoms with van der Waals surface area (Å²) < 4.78 is 10.8. The first-order valence-electron chi connectivity index (χ1n) is 17.2. The number of ether oxygens (including phenoxy) is 2. The van der Waals surface area contributed by atoms with Gasteiger partial charge in [0.2, 0.25) is 0 Å². The van der Waals surface area contributed by atoms with Gasteiger partial charge >= 0.3 is 5.97 Å². The Morgan fingerprint density at radius 1 is 0.909 bits per heavy atom. The highest BCUT2D eigenvalue weighted by atomic mass is 35.5. The number of carbonyl (C=O) groups is 3. The average Bonchev–Trinajstić information content (AvgIpc) is 3.71. The molecular weight excluding hydrogens is 758 g/mol. The highest BCUT2D eigenvalue weighted by Gasteiger charge is 2.54. The van der Waals surface area contributed by atoms with Crippen LogP contribution in [0.15, 0.2) is 137 Å². The van der Waals surface area contributed by atoms with Crippen LogP contribution < -0.4 is 15.4 Å². The second-order valence-electron chi connectivity index (χ2n) is 12.5. The van der Waals surface area contributed by atoms with Crippen molar-refractivity contribution in [1.82, 2.24) is 15.2 Å². The van der Waals surface area contributed by atoms with Crippen molar-refractivity contribution in [3.63, 3.8) is 0 Å². The second kappa shape index (κ2) is 16.8. The molecule has 5 aromatic rings. The molecule has 1 aromatic heterocycles. The predicted octanol–water partition coefficient (Wildman–Crippen LogP) is 6.54. The van der Waals surface area contributed by atoms with Gasteiger partial charge in [0.05, 0.1) is 7.11 Å². The minimum Gasteiger partial charge on any atom is -0.497 e. The number of benzene rings is 4. The molecule has 2 aliphatic heterocycles. The maximum atomic E-state index is 13.9. The summed E-state index contributed by atoms with van der Waals surface area (Å²) in [4.78, 5) is 52.1. The molecule has 7 rings (SSSR count). The van der Waals surface area contributed by atoms with Gasteiger partial charge in [-0.05, 0) is 40.0 Å². The van der Waals surface area contributed by atoms with Crippen LogP contribution in [0.3, 0.4) is 0 Å². The van der Waals surface area contributed by atoms with E-state index in [1.165, 1.54) is 35.1 Å². The van der Waals surface area contributed by atoms with Crippen LogP contribution in [0.2, 0.25) is 0 Å². The summed E-state index contributed by atoms with van der Waals surface area (Å²) in [7, 11) is 2.90. The predicted molar refractivity (Wildman–Crippen MR) is 214 cm³/mol. The minimum absolute atomic E-state index is 0.00755. The maximum absolute atomic E-state index is 13.9. The third kappa shape index (κ3) is 7.55. The van der Waals surface area contributed by atoms with E-state index in [4.69, 9.17) is 30.9 Å². The zero-order valence-corrected chi connectivity index (χ0v) is 32.2. The lowest BCUT2D eigenvalue weighted by Gasteiger charge is -2.49. The van der Waals surface area contributed by atoms with Crippen LogP contribution in [-0.2, 0) is 36.1 Å². The number of halogens is 1. The second-order valence-corrected chi connectivity index (χ2v) is 14.7. The number of alkyl halides is 1. The zero-order chi connectivity index (χ0) is 38.4. The Labute approximate surface area is 331 Å². The lowest BCUT2D eigenvalue weighted by atomic mass is 9.77. The number of nitrogens with zero attached hydrogens (tertiary/aromatic N) is 3. The van der Waals surface area contributed by atoms with Crippen LogP contribution in [0, 0.1) is 0 Å². The molecule has 0 spiro atoms. The monoisotopic (exact) mass is 793 g/mol. The number of carbonyl (C=O) groups excluding carboxylic acids is 3. The van der Waals surface area contributed by atoms with E-state index in [0.717, 1.165) is 22.3 Å². The third-order valence-corrected chi connectivity index (χ3v) is 11.7. The number of methoxy groups -OCH3 is 1. The normalized spacial score (nSPS) is 16.8. The van der Waals surface area contributed by atoms with E-state index in [1.807, 2.05) is 54.6 Å². The number of oxime groups is 1. The maximum Gasteiger partial charge on any atom is 0.355 e. The number of amides is 2. The van der Waals surface area contributed by atoms with Gasteiger partial charge in [0.15, 0.2) is 10.8 Å². The molecule has 0 radical (unpaired) electrons. The molecule has 0 saturated carbocycles. The molecule has 4 aromatic carbocycles. The van der Waals surface area contributed by atoms with Crippen molar-refractivity contribution in [2.75, 3.05) is 31.2 Å². The van der Waals surface area contributed by atoms with Gasteiger partial charge in [0.25, 0.3) is 11.8 Å². The topological polar surface area (TPSA) is 131 Å². The fraction of sp³-hybridized carbons (Fsp3) is 0.195. The van der Waals surface area contributed by atoms with E-state index < -0.39 is 34.7 Å². The molecule has 2 N–H and O–H groups in total. The van der Waals surface area contributed by atoms with Crippen molar-refractivity contribution in [2.45, 2.75) is 23.6 Å². The number of esters is 1. The van der Waals surface area contributed by atoms with Crippen molar-refractivity contribution >= 4 is 63.3 Å². The van der Waals surface area contributed by atoms with Crippen molar-refractivity contribution in [1.29, 1.82) is 0 Å². The molecule has 0 aliphatic carbocycles. The average molecular weight is 794 g/mol. The standard InChI is InChI=1S/C41H36ClN5O6S2/c1-51-31-20-18-26(19-21-31)23-53-39(50)35-27(22-42)24-54-38-34(37(49)47(35)38)44-36(48)33(46-52-2)32-25-55-40(43-32)45-41(28-12-6-3-7-13-28,29-14-8-4-9-15-29)30-16-10-5-11-17-30/h3-21,25,34,38H,22-24H2,1-2H3,(H,43,45)(H,44,48)/b46-33-/t34?,38-/m1/s1. The Kier molecular flexibility index (Phi) is 11.5. The van der Waals surface area contributed by atoms with Crippen molar-refractivity contribution in [3.05, 3.63) is 160 Å². The van der Waals surface area contributed by atoms with Crippen LogP contribution in [0.25, 0.3) is 0 Å². The van der Waals surface area contributed by atoms with E-state index in [9.17, 15) is 14.4 Å². The molecule has 2 aliphatic rings. The molecule has 1 unspecified atom stereocenters. The number of thiazole rings is 1. The molecule has 2 atom stereocenters. The van der Waals surface area contributed by atoms with Gasteiger partial charge in [0, 0.05) is 17.0 Å². The number of hydrogen-bond donors (Lipinski definition) is 2. The summed E-state index contributed by atoms with van der Waals surface area (Å²) in [5.41, 5.74) is 3.68. The van der Waals surface area contributed by atoms with Crippen molar-refractivity contribution < 1.29 is 28.7 Å². The highest BCUT2D eigenvalue weighted by molar-refractivity contribution is 8.00. The van der Waals surface area contributed by atoms with Crippen LogP contribution in [-0.4, -0.2) is 70.6 Å². The molecule has 55 heavy (non-hydrogen) atoms. The number of thioether (sulfide) groups is 1. The fourth-order valence-corrected chi connectivity index (χ4v) is 9.03. The number of β-lactam (4-membered cyclic amide) rings is 1. The summed E-state index contributed by atoms with van der Waals surface area (Å²) in [6.45, 7) is -0.00755. The van der Waals surface area contributed by atoms with E-state index in [0.29, 0.717) is 22.2 Å². The highest BCUT2D eigenvalue weighted by Crippen LogP contribution is 2.42. The zero-order valence-electron chi connectivity index (χ0n) is 29.8. The number of anilines is 1. The van der Waals surface area contributed by atoms with Gasteiger partial charge in [0.1, 0.15) is 47.8 Å². The Balaban J connectivity index is 1.10. The number of nitrogens with one attached hydrogen (secondary N) is 2. The number of hydrogen-bond acceptors (Lipinski definition) is 11. The lowest BCUT2D eigenvalue weighted by Crippen LogP contribution is -2.71. The first-order chi connectivity index (χ1) is 26.9. The lowest BCUT2D eigenvalue weighted by molar-refractivity contribution is -0.153. The summed E-state index contributed by atoms with van der Waals surface area (Å²) >= 11 is 8.93. The molecule has 2 amide bonds. The van der Waals surface area contributed by atoms with Gasteiger partial charge in [-0.1, -0.05) is 108 Å². The molecule has 280 valence electrons. The third-order valence-electron chi connectivity index (χ3n) is 9.28. The summed E-state index contributed by atoms with van der Waals surface area (Å²) in [6.07, 6.45) is 0. The van der Waals surface area contributed by atoms with Crippen molar-refractivity contribution in [3.8, 4) is 5.75 Å². The Bertz CT molecular complexity index is 2120. The van der Waals surface area contributed by atoms with E-state index in [-0.39, 0.29) is 29.6 Å². The summed E-state index contributed by atoms with van der Waals surface area (Å²) in [6, 6.07) is 36.4. The first kappa shape index (κ1) is 37.7. The Morgan fingerprint density at radius 2 is 1.51 bits per heavy atom. The largest absolute Gasteiger partial charge is 0.497 e. The molecule has 3 heterocycles. The first-order valence-corrected chi connectivity index (χ1v) is 19.7. The quantitative estimate of drug-likeness (QED) is 0.0321. The molecule has 1 saturated heterocycles. The number of aromatic nitrogens is 1. The summed E-state index contributed by atoms with van der Waals surface area (Å²) in [5, 5.41) is 12.2. The number of fused-ring (bicyclic) bond motifs is 1. The summed E-state index contributed by atoms with van der Waals surface area (Å²) in [5.74, 6) is -0.706. The van der Waals surface area contributed by atoms with E-state index in [2.05, 4.69) is 52.2 Å². The van der Waals surface area contributed by atoms with Crippen LogP contribution >= 0.6 is 34.7 Å². The molecule has 11 nitrogen and oxygen atoms in total. The minimum atomic E-state index is -0.945. The van der Waals surface area contributed by atoms with Crippen molar-refractivity contribution in [2.24, 2.45) is 5.16 Å². The van der Waals surface area contributed by atoms with Gasteiger partial charge in [-0.2, -0.15) is 0 Å². The van der Waals surface area contributed by atoms with Crippen LogP contribution in [0.5, 0.6) is 5.75 Å². The number of rotatable bonds is 14. The SMILES string of the molecule is CO/N=C(\C(=O)NC1C(=O)N2C(C(=O)OCc3ccc(OC)cc3)=C(CCl)CS[C@H]12)c1csc(NC(c2ccccc2)(c2ccccc2)c2ccccc2)n1. The molecule has 1 fully saturated rings. The van der Waals surface area contributed by atoms with Gasteiger partial charge in [-0.15, -0.1) is 34.7 Å².